The van der Waals surface area contributed by atoms with E-state index in [2.05, 4.69) is 37.5 Å². The molecule has 1 aliphatic carbocycles. The summed E-state index contributed by atoms with van der Waals surface area (Å²) in [5, 5.41) is 0.653. The number of nitrogens with zero attached hydrogens (tertiary/aromatic N) is 2. The van der Waals surface area contributed by atoms with Crippen molar-refractivity contribution < 1.29 is 4.79 Å². The average molecular weight is 462 g/mol. The fourth-order valence-corrected chi connectivity index (χ4v) is 6.56. The number of hydrogen-bond donors (Lipinski definition) is 1. The van der Waals surface area contributed by atoms with Crippen molar-refractivity contribution in [1.82, 2.24) is 9.80 Å². The van der Waals surface area contributed by atoms with Crippen LogP contribution in [0.25, 0.3) is 0 Å². The number of fused-ring (bicyclic) bond motifs is 4. The van der Waals surface area contributed by atoms with Gasteiger partial charge in [0.05, 0.1) is 5.41 Å². The minimum atomic E-state index is -0.731. The molecule has 1 aromatic rings. The van der Waals surface area contributed by atoms with Crippen molar-refractivity contribution in [2.45, 2.75) is 90.1 Å². The van der Waals surface area contributed by atoms with Gasteiger partial charge < -0.3 is 10.6 Å². The molecular formula is C27H44ClN3O. The molecule has 2 bridgehead atoms. The minimum absolute atomic E-state index is 0.242. The van der Waals surface area contributed by atoms with Gasteiger partial charge in [0, 0.05) is 36.7 Å². The first kappa shape index (κ1) is 25.5. The van der Waals surface area contributed by atoms with Crippen LogP contribution in [0.4, 0.5) is 0 Å². The molecule has 2 saturated heterocycles. The Morgan fingerprint density at radius 2 is 1.62 bits per heavy atom. The number of halogens is 1. The molecule has 0 radical (unpaired) electrons. The fourth-order valence-electron chi connectivity index (χ4n) is 6.24. The van der Waals surface area contributed by atoms with Gasteiger partial charge in [-0.05, 0) is 103 Å². The Morgan fingerprint density at radius 3 is 2.12 bits per heavy atom. The highest BCUT2D eigenvalue weighted by Gasteiger charge is 2.40. The molecule has 1 atom stereocenters. The third kappa shape index (κ3) is 6.07. The molecule has 0 aromatic heterocycles. The monoisotopic (exact) mass is 461 g/mol. The molecule has 3 fully saturated rings. The number of hydrogen-bond acceptors (Lipinski definition) is 3. The summed E-state index contributed by atoms with van der Waals surface area (Å²) in [6.07, 6.45) is 8.00. The molecule has 180 valence electrons. The molecule has 3 aliphatic rings. The highest BCUT2D eigenvalue weighted by atomic mass is 35.5. The zero-order valence-corrected chi connectivity index (χ0v) is 21.4. The molecule has 5 heteroatoms. The van der Waals surface area contributed by atoms with Crippen LogP contribution in [0.15, 0.2) is 24.3 Å². The fraction of sp³-hybridized carbons (Fsp3) is 0.741. The molecule has 2 aliphatic heterocycles. The molecule has 2 heterocycles. The maximum atomic E-state index is 13.1. The van der Waals surface area contributed by atoms with Crippen LogP contribution in [0, 0.1) is 11.8 Å². The van der Waals surface area contributed by atoms with Gasteiger partial charge in [-0.15, -0.1) is 0 Å². The van der Waals surface area contributed by atoms with Crippen molar-refractivity contribution >= 4 is 17.5 Å². The standard InChI is InChI=1S/C27H44ClN3O/c1-20(2)31(21(3)4)17-15-27(26(29)32,24-8-5-6-9-25(24)28)14-7-16-30-18-22-10-11-23(19-30)13-12-22/h5-6,8-9,20-23H,7,10-19H2,1-4H3,(H2,29,32). The van der Waals surface area contributed by atoms with Gasteiger partial charge in [0.15, 0.2) is 0 Å². The van der Waals surface area contributed by atoms with Crippen LogP contribution < -0.4 is 5.73 Å². The van der Waals surface area contributed by atoms with Crippen LogP contribution >= 0.6 is 11.6 Å². The van der Waals surface area contributed by atoms with Crippen molar-refractivity contribution in [3.63, 3.8) is 0 Å². The zero-order valence-electron chi connectivity index (χ0n) is 20.7. The molecule has 1 unspecified atom stereocenters. The van der Waals surface area contributed by atoms with Gasteiger partial charge in [-0.2, -0.15) is 0 Å². The molecule has 1 aromatic carbocycles. The number of amides is 1. The number of nitrogens with two attached hydrogens (primary N) is 1. The Balaban J connectivity index is 1.77. The van der Waals surface area contributed by atoms with Gasteiger partial charge in [0.2, 0.25) is 5.91 Å². The molecular weight excluding hydrogens is 418 g/mol. The Morgan fingerprint density at radius 1 is 1.06 bits per heavy atom. The SMILES string of the molecule is CC(C)N(CCC(CCCN1CC2CCC(CC2)C1)(C(N)=O)c1ccccc1Cl)C(C)C. The molecule has 1 saturated carbocycles. The highest BCUT2D eigenvalue weighted by molar-refractivity contribution is 6.31. The summed E-state index contributed by atoms with van der Waals surface area (Å²) < 4.78 is 0. The van der Waals surface area contributed by atoms with Crippen LogP contribution in [-0.4, -0.2) is 54.0 Å². The largest absolute Gasteiger partial charge is 0.369 e. The first-order valence-electron chi connectivity index (χ1n) is 12.8. The summed E-state index contributed by atoms with van der Waals surface area (Å²) in [5.74, 6) is 1.49. The van der Waals surface area contributed by atoms with Gasteiger partial charge in [0.25, 0.3) is 0 Å². The van der Waals surface area contributed by atoms with E-state index >= 15 is 0 Å². The normalized spacial score (nSPS) is 23.6. The van der Waals surface area contributed by atoms with E-state index in [1.165, 1.54) is 38.8 Å². The van der Waals surface area contributed by atoms with E-state index in [1.54, 1.807) is 0 Å². The van der Waals surface area contributed by atoms with E-state index in [9.17, 15) is 4.79 Å². The average Bonchev–Trinajstić information content (AvgIpc) is 3.05. The second-order valence-corrected chi connectivity index (χ2v) is 11.3. The van der Waals surface area contributed by atoms with Gasteiger partial charge in [-0.3, -0.25) is 9.69 Å². The van der Waals surface area contributed by atoms with Crippen molar-refractivity contribution in [2.75, 3.05) is 26.2 Å². The second-order valence-electron chi connectivity index (χ2n) is 10.9. The quantitative estimate of drug-likeness (QED) is 0.475. The zero-order chi connectivity index (χ0) is 23.3. The van der Waals surface area contributed by atoms with Gasteiger partial charge >= 0.3 is 0 Å². The number of carbonyl (C=O) groups excluding carboxylic acids is 1. The van der Waals surface area contributed by atoms with Crippen molar-refractivity contribution in [2.24, 2.45) is 17.6 Å². The van der Waals surface area contributed by atoms with E-state index in [-0.39, 0.29) is 5.91 Å². The first-order chi connectivity index (χ1) is 15.2. The van der Waals surface area contributed by atoms with E-state index in [4.69, 9.17) is 17.3 Å². The predicted molar refractivity (Wildman–Crippen MR) is 135 cm³/mol. The van der Waals surface area contributed by atoms with E-state index in [1.807, 2.05) is 24.3 Å². The summed E-state index contributed by atoms with van der Waals surface area (Å²) in [6.45, 7) is 13.2. The summed E-state index contributed by atoms with van der Waals surface area (Å²) >= 11 is 6.66. The van der Waals surface area contributed by atoms with Crippen LogP contribution in [0.1, 0.15) is 78.2 Å². The minimum Gasteiger partial charge on any atom is -0.369 e. The molecule has 32 heavy (non-hydrogen) atoms. The van der Waals surface area contributed by atoms with Crippen LogP contribution in [0.3, 0.4) is 0 Å². The lowest BCUT2D eigenvalue weighted by molar-refractivity contribution is -0.124. The lowest BCUT2D eigenvalue weighted by atomic mass is 9.73. The Hall–Kier alpha value is -1.10. The third-order valence-corrected chi connectivity index (χ3v) is 8.39. The van der Waals surface area contributed by atoms with Crippen LogP contribution in [-0.2, 0) is 10.2 Å². The number of rotatable bonds is 11. The summed E-state index contributed by atoms with van der Waals surface area (Å²) in [5.41, 5.74) is 6.35. The first-order valence-corrected chi connectivity index (χ1v) is 13.1. The second kappa shape index (κ2) is 11.4. The lowest BCUT2D eigenvalue weighted by Gasteiger charge is -2.37. The summed E-state index contributed by atoms with van der Waals surface area (Å²) in [6, 6.07) is 8.64. The van der Waals surface area contributed by atoms with E-state index in [0.29, 0.717) is 23.5 Å². The van der Waals surface area contributed by atoms with Crippen molar-refractivity contribution in [3.05, 3.63) is 34.9 Å². The predicted octanol–water partition coefficient (Wildman–Crippen LogP) is 5.47. The molecule has 2 N–H and O–H groups in total. The number of benzene rings is 1. The maximum Gasteiger partial charge on any atom is 0.228 e. The lowest BCUT2D eigenvalue weighted by Crippen LogP contribution is -2.47. The summed E-state index contributed by atoms with van der Waals surface area (Å²) in [7, 11) is 0. The van der Waals surface area contributed by atoms with Crippen molar-refractivity contribution in [1.29, 1.82) is 0 Å². The summed E-state index contributed by atoms with van der Waals surface area (Å²) in [4.78, 5) is 18.2. The topological polar surface area (TPSA) is 49.6 Å². The molecule has 1 amide bonds. The van der Waals surface area contributed by atoms with E-state index < -0.39 is 5.41 Å². The van der Waals surface area contributed by atoms with Gasteiger partial charge in [0.1, 0.15) is 0 Å². The molecule has 4 nitrogen and oxygen atoms in total. The Labute approximate surface area is 200 Å². The van der Waals surface area contributed by atoms with Gasteiger partial charge in [-0.25, -0.2) is 0 Å². The van der Waals surface area contributed by atoms with Gasteiger partial charge in [-0.1, -0.05) is 29.8 Å². The number of primary amides is 1. The Kier molecular flexibility index (Phi) is 9.05. The maximum absolute atomic E-state index is 13.1. The third-order valence-electron chi connectivity index (χ3n) is 8.06. The molecule has 0 spiro atoms. The molecule has 4 rings (SSSR count). The Bertz CT molecular complexity index is 722. The highest BCUT2D eigenvalue weighted by Crippen LogP contribution is 2.39. The smallest absolute Gasteiger partial charge is 0.228 e. The van der Waals surface area contributed by atoms with Crippen LogP contribution in [0.2, 0.25) is 5.02 Å². The van der Waals surface area contributed by atoms with Crippen LogP contribution in [0.5, 0.6) is 0 Å². The number of carbonyl (C=O) groups is 1. The van der Waals surface area contributed by atoms with E-state index in [0.717, 1.165) is 43.3 Å². The van der Waals surface area contributed by atoms with Crippen molar-refractivity contribution in [3.8, 4) is 0 Å².